The molecule has 0 amide bonds. The smallest absolute Gasteiger partial charge is 0.137 e. The number of hydrogen-bond donors (Lipinski definition) is 0. The molecule has 0 radical (unpaired) electrons. The Balaban J connectivity index is 1.48. The van der Waals surface area contributed by atoms with E-state index in [0.29, 0.717) is 36.1 Å². The maximum atomic E-state index is 8.73. The number of rotatable bonds is 7. The van der Waals surface area contributed by atoms with Crippen LogP contribution in [0.2, 0.25) is 5.02 Å². The van der Waals surface area contributed by atoms with Gasteiger partial charge >= 0.3 is 0 Å². The highest BCUT2D eigenvalue weighted by Crippen LogP contribution is 2.45. The largest absolute Gasteiger partial charge is 0.495 e. The van der Waals surface area contributed by atoms with E-state index in [1.807, 2.05) is 6.07 Å². The molecule has 2 saturated heterocycles. The van der Waals surface area contributed by atoms with Crippen LogP contribution in [0.4, 0.5) is 0 Å². The molecule has 2 fully saturated rings. The molecule has 0 bridgehead atoms. The molecule has 4 nitrogen and oxygen atoms in total. The van der Waals surface area contributed by atoms with Crippen LogP contribution >= 0.6 is 11.6 Å². The van der Waals surface area contributed by atoms with Gasteiger partial charge in [0.2, 0.25) is 0 Å². The first kappa shape index (κ1) is 23.9. The number of hydrogen-bond acceptors (Lipinski definition) is 4. The number of piperidine rings is 2. The zero-order valence-electron chi connectivity index (χ0n) is 20.1. The summed E-state index contributed by atoms with van der Waals surface area (Å²) >= 11 is 6.26. The summed E-state index contributed by atoms with van der Waals surface area (Å²) in [5.74, 6) is 2.29. The molecule has 0 aliphatic carbocycles. The first-order chi connectivity index (χ1) is 16.0. The third-order valence-corrected chi connectivity index (χ3v) is 7.96. The molecule has 0 N–H and O–H groups in total. The Morgan fingerprint density at radius 1 is 1.09 bits per heavy atom. The van der Waals surface area contributed by atoms with Crippen LogP contribution in [0, 0.1) is 25.2 Å². The number of nitriles is 1. The summed E-state index contributed by atoms with van der Waals surface area (Å²) in [6.07, 6.45) is 7.44. The summed E-state index contributed by atoms with van der Waals surface area (Å²) in [7, 11) is 1.69. The Hall–Kier alpha value is -2.22. The maximum absolute atomic E-state index is 8.73. The highest BCUT2D eigenvalue weighted by molar-refractivity contribution is 6.32. The van der Waals surface area contributed by atoms with Crippen molar-refractivity contribution in [3.63, 3.8) is 0 Å². The van der Waals surface area contributed by atoms with Gasteiger partial charge in [-0.2, -0.15) is 5.26 Å². The van der Waals surface area contributed by atoms with Gasteiger partial charge in [-0.1, -0.05) is 23.7 Å². The van der Waals surface area contributed by atoms with Crippen molar-refractivity contribution >= 4 is 11.6 Å². The third-order valence-electron chi connectivity index (χ3n) is 7.65. The first-order valence-corrected chi connectivity index (χ1v) is 12.6. The Morgan fingerprint density at radius 2 is 1.94 bits per heavy atom. The molecule has 2 heterocycles. The second-order valence-electron chi connectivity index (χ2n) is 9.47. The monoisotopic (exact) mass is 466 g/mol. The molecular formula is C28H35ClN2O2. The molecule has 2 aliphatic heterocycles. The van der Waals surface area contributed by atoms with Gasteiger partial charge in [0.05, 0.1) is 24.8 Å². The van der Waals surface area contributed by atoms with Crippen LogP contribution in [0.25, 0.3) is 0 Å². The molecule has 0 spiro atoms. The van der Waals surface area contributed by atoms with E-state index in [1.54, 1.807) is 7.11 Å². The minimum absolute atomic E-state index is 0.482. The second-order valence-corrected chi connectivity index (χ2v) is 9.87. The SMILES string of the molecule is COc1cc(C2CCN3[C@@H](CCC[C@@H]3c3ccc(OCCCC#N)c(C)c3C)C2)ccc1Cl. The molecule has 5 heteroatoms. The molecule has 2 aliphatic rings. The lowest BCUT2D eigenvalue weighted by molar-refractivity contribution is 0.0431. The van der Waals surface area contributed by atoms with E-state index in [9.17, 15) is 0 Å². The Morgan fingerprint density at radius 3 is 2.73 bits per heavy atom. The Bertz CT molecular complexity index is 1020. The first-order valence-electron chi connectivity index (χ1n) is 12.2. The van der Waals surface area contributed by atoms with Gasteiger partial charge in [-0.05, 0) is 105 Å². The van der Waals surface area contributed by atoms with Crippen molar-refractivity contribution < 1.29 is 9.47 Å². The van der Waals surface area contributed by atoms with E-state index in [2.05, 4.69) is 49.1 Å². The van der Waals surface area contributed by atoms with Gasteiger partial charge in [-0.25, -0.2) is 0 Å². The number of ether oxygens (including phenoxy) is 2. The van der Waals surface area contributed by atoms with Gasteiger partial charge in [0.1, 0.15) is 11.5 Å². The zero-order chi connectivity index (χ0) is 23.4. The van der Waals surface area contributed by atoms with Crippen LogP contribution in [0.5, 0.6) is 11.5 Å². The van der Waals surface area contributed by atoms with E-state index in [1.165, 1.54) is 47.9 Å². The average molecular weight is 467 g/mol. The van der Waals surface area contributed by atoms with Crippen LogP contribution in [-0.2, 0) is 0 Å². The summed E-state index contributed by atoms with van der Waals surface area (Å²) < 4.78 is 11.4. The van der Waals surface area contributed by atoms with Gasteiger partial charge in [0, 0.05) is 18.5 Å². The number of benzene rings is 2. The summed E-state index contributed by atoms with van der Waals surface area (Å²) in [5.41, 5.74) is 5.38. The molecule has 4 rings (SSSR count). The molecule has 1 unspecified atom stereocenters. The number of methoxy groups -OCH3 is 1. The van der Waals surface area contributed by atoms with Crippen molar-refractivity contribution in [3.8, 4) is 17.6 Å². The van der Waals surface area contributed by atoms with Crippen molar-refractivity contribution in [1.29, 1.82) is 5.26 Å². The molecule has 2 aromatic rings. The van der Waals surface area contributed by atoms with Crippen LogP contribution < -0.4 is 9.47 Å². The highest BCUT2D eigenvalue weighted by atomic mass is 35.5. The fraction of sp³-hybridized carbons (Fsp3) is 0.536. The Kier molecular flexibility index (Phi) is 7.83. The van der Waals surface area contributed by atoms with Crippen molar-refractivity contribution in [2.45, 2.75) is 76.8 Å². The molecule has 0 saturated carbocycles. The zero-order valence-corrected chi connectivity index (χ0v) is 20.8. The lowest BCUT2D eigenvalue weighted by Gasteiger charge is -2.48. The fourth-order valence-corrected chi connectivity index (χ4v) is 5.91. The van der Waals surface area contributed by atoms with Gasteiger partial charge in [0.25, 0.3) is 0 Å². The lowest BCUT2D eigenvalue weighted by atomic mass is 9.78. The van der Waals surface area contributed by atoms with E-state index in [4.69, 9.17) is 26.3 Å². The fourth-order valence-electron chi connectivity index (χ4n) is 5.71. The normalized spacial score (nSPS) is 22.9. The standard InChI is InChI=1S/C28H35ClN2O2/c1-19-20(2)27(33-16-5-4-14-30)12-10-24(19)26-8-6-7-23-17-22(13-15-31(23)26)21-9-11-25(29)28(18-21)32-3/h9-12,18,22-23,26H,4-8,13,15-17H2,1-3H3/t22?,23-,26+/m0/s1. The summed E-state index contributed by atoms with van der Waals surface area (Å²) in [6.45, 7) is 6.12. The van der Waals surface area contributed by atoms with Crippen LogP contribution in [-0.4, -0.2) is 31.2 Å². The lowest BCUT2D eigenvalue weighted by Crippen LogP contribution is -2.46. The molecule has 3 atom stereocenters. The predicted molar refractivity (Wildman–Crippen MR) is 133 cm³/mol. The number of fused-ring (bicyclic) bond motifs is 1. The van der Waals surface area contributed by atoms with E-state index in [-0.39, 0.29) is 0 Å². The number of nitrogens with zero attached hydrogens (tertiary/aromatic N) is 2. The van der Waals surface area contributed by atoms with Gasteiger partial charge in [-0.3, -0.25) is 4.90 Å². The van der Waals surface area contributed by atoms with Crippen LogP contribution in [0.3, 0.4) is 0 Å². The minimum atomic E-state index is 0.482. The number of halogens is 1. The minimum Gasteiger partial charge on any atom is -0.495 e. The van der Waals surface area contributed by atoms with Crippen LogP contribution in [0.1, 0.15) is 79.2 Å². The summed E-state index contributed by atoms with van der Waals surface area (Å²) in [5, 5.41) is 9.41. The third kappa shape index (κ3) is 5.15. The van der Waals surface area contributed by atoms with Crippen LogP contribution in [0.15, 0.2) is 30.3 Å². The van der Waals surface area contributed by atoms with Crippen molar-refractivity contribution in [3.05, 3.63) is 57.6 Å². The van der Waals surface area contributed by atoms with Crippen molar-refractivity contribution in [2.24, 2.45) is 0 Å². The summed E-state index contributed by atoms with van der Waals surface area (Å²) in [4.78, 5) is 2.77. The van der Waals surface area contributed by atoms with E-state index < -0.39 is 0 Å². The molecule has 0 aromatic heterocycles. The van der Waals surface area contributed by atoms with Gasteiger partial charge < -0.3 is 9.47 Å². The molecule has 2 aromatic carbocycles. The molecule has 33 heavy (non-hydrogen) atoms. The predicted octanol–water partition coefficient (Wildman–Crippen LogP) is 7.12. The molecule has 176 valence electrons. The average Bonchev–Trinajstić information content (AvgIpc) is 2.84. The quantitative estimate of drug-likeness (QED) is 0.407. The topological polar surface area (TPSA) is 45.5 Å². The number of unbranched alkanes of at least 4 members (excludes halogenated alkanes) is 1. The molecular weight excluding hydrogens is 432 g/mol. The van der Waals surface area contributed by atoms with E-state index >= 15 is 0 Å². The maximum Gasteiger partial charge on any atom is 0.137 e. The van der Waals surface area contributed by atoms with Gasteiger partial charge in [-0.15, -0.1) is 0 Å². The van der Waals surface area contributed by atoms with E-state index in [0.717, 1.165) is 30.9 Å². The highest BCUT2D eigenvalue weighted by Gasteiger charge is 2.37. The van der Waals surface area contributed by atoms with Gasteiger partial charge in [0.15, 0.2) is 0 Å². The summed E-state index contributed by atoms with van der Waals surface area (Å²) in [6, 6.07) is 14.0. The van der Waals surface area contributed by atoms with Crippen molar-refractivity contribution in [1.82, 2.24) is 4.90 Å². The Labute approximate surface area is 203 Å². The second kappa shape index (κ2) is 10.8. The van der Waals surface area contributed by atoms with Crippen molar-refractivity contribution in [2.75, 3.05) is 20.3 Å².